The van der Waals surface area contributed by atoms with Crippen LogP contribution in [0, 0.1) is 0 Å². The van der Waals surface area contributed by atoms with E-state index in [2.05, 4.69) is 86.8 Å². The number of ether oxygens (including phenoxy) is 2. The van der Waals surface area contributed by atoms with Gasteiger partial charge in [-0.3, -0.25) is 13.8 Å². The van der Waals surface area contributed by atoms with E-state index in [1.54, 1.807) is 0 Å². The number of allylic oxidation sites excluding steroid dienone is 12. The van der Waals surface area contributed by atoms with Gasteiger partial charge in [0.2, 0.25) is 0 Å². The Balaban J connectivity index is 2.31. The lowest BCUT2D eigenvalue weighted by Gasteiger charge is -2.41. The number of phosphoric ester groups is 1. The van der Waals surface area contributed by atoms with Crippen molar-refractivity contribution in [2.24, 2.45) is 0 Å². The number of aliphatic hydroxyl groups excluding tert-OH is 5. The molecule has 6 atom stereocenters. The van der Waals surface area contributed by atoms with Crippen LogP contribution in [0.25, 0.3) is 0 Å². The second-order valence-corrected chi connectivity index (χ2v) is 20.1. The summed E-state index contributed by atoms with van der Waals surface area (Å²) in [5, 5.41) is 50.4. The molecule has 6 N–H and O–H groups in total. The number of phosphoric acid groups is 1. The minimum Gasteiger partial charge on any atom is -0.457 e. The Kier molecular flexibility index (Phi) is 42.8. The van der Waals surface area contributed by atoms with E-state index in [1.165, 1.54) is 89.9 Å². The predicted octanol–water partition coefficient (Wildman–Crippen LogP) is 12.7. The van der Waals surface area contributed by atoms with E-state index in [4.69, 9.17) is 18.5 Å². The first-order valence-corrected chi connectivity index (χ1v) is 28.8. The van der Waals surface area contributed by atoms with Crippen molar-refractivity contribution in [1.29, 1.82) is 0 Å². The molecule has 12 nitrogen and oxygen atoms in total. The lowest BCUT2D eigenvalue weighted by Crippen LogP contribution is -2.64. The molecular formula is C56H99O12P. The van der Waals surface area contributed by atoms with Gasteiger partial charge in [-0.15, -0.1) is 0 Å². The van der Waals surface area contributed by atoms with Crippen LogP contribution in [0.1, 0.15) is 213 Å². The van der Waals surface area contributed by atoms with Gasteiger partial charge < -0.3 is 39.9 Å². The minimum atomic E-state index is -5.03. The number of esters is 1. The Bertz CT molecular complexity index is 1410. The van der Waals surface area contributed by atoms with Crippen molar-refractivity contribution in [3.05, 3.63) is 72.9 Å². The molecule has 69 heavy (non-hydrogen) atoms. The zero-order chi connectivity index (χ0) is 50.5. The lowest BCUT2D eigenvalue weighted by atomic mass is 9.85. The fraction of sp³-hybridized carbons (Fsp3) is 0.768. The van der Waals surface area contributed by atoms with Crippen LogP contribution in [0.15, 0.2) is 72.9 Å². The van der Waals surface area contributed by atoms with Crippen LogP contribution in [0.5, 0.6) is 0 Å². The van der Waals surface area contributed by atoms with Crippen molar-refractivity contribution in [3.8, 4) is 0 Å². The van der Waals surface area contributed by atoms with Gasteiger partial charge in [0.1, 0.15) is 42.7 Å². The number of aliphatic hydroxyl groups is 5. The van der Waals surface area contributed by atoms with Gasteiger partial charge in [0.15, 0.2) is 0 Å². The van der Waals surface area contributed by atoms with Gasteiger partial charge in [-0.05, 0) is 83.5 Å². The van der Waals surface area contributed by atoms with Crippen LogP contribution in [-0.4, -0.2) is 98.9 Å². The van der Waals surface area contributed by atoms with Crippen molar-refractivity contribution in [1.82, 2.24) is 0 Å². The van der Waals surface area contributed by atoms with E-state index in [9.17, 15) is 39.8 Å². The number of carbonyl (C=O) groups excluding carboxylic acids is 1. The normalized spacial score (nSPS) is 21.6. The topological polar surface area (TPSA) is 192 Å². The fourth-order valence-corrected chi connectivity index (χ4v) is 9.00. The lowest BCUT2D eigenvalue weighted by molar-refractivity contribution is -0.220. The van der Waals surface area contributed by atoms with Crippen LogP contribution in [0.4, 0.5) is 0 Å². The zero-order valence-electron chi connectivity index (χ0n) is 43.1. The highest BCUT2D eigenvalue weighted by molar-refractivity contribution is 7.47. The summed E-state index contributed by atoms with van der Waals surface area (Å²) in [6, 6.07) is 0. The van der Waals surface area contributed by atoms with E-state index < -0.39 is 63.1 Å². The van der Waals surface area contributed by atoms with Crippen LogP contribution >= 0.6 is 7.82 Å². The maximum absolute atomic E-state index is 12.9. The summed E-state index contributed by atoms with van der Waals surface area (Å²) in [6.45, 7) is 4.13. The molecule has 1 aliphatic rings. The molecule has 13 heteroatoms. The summed E-state index contributed by atoms with van der Waals surface area (Å²) in [4.78, 5) is 23.3. The zero-order valence-corrected chi connectivity index (χ0v) is 44.0. The van der Waals surface area contributed by atoms with E-state index in [0.717, 1.165) is 96.3 Å². The molecule has 0 spiro atoms. The first-order chi connectivity index (χ1) is 33.5. The molecule has 0 aromatic rings. The van der Waals surface area contributed by atoms with Gasteiger partial charge in [0, 0.05) is 13.0 Å². The molecular weight excluding hydrogens is 896 g/mol. The molecule has 6 unspecified atom stereocenters. The molecule has 0 radical (unpaired) electrons. The van der Waals surface area contributed by atoms with Gasteiger partial charge in [0.25, 0.3) is 0 Å². The summed E-state index contributed by atoms with van der Waals surface area (Å²) < 4.78 is 34.4. The van der Waals surface area contributed by atoms with Crippen molar-refractivity contribution in [2.45, 2.75) is 256 Å². The SMILES string of the molecule is CC/C=C\C/C=C\C/C=C\C/C=C\CCCCCCCCCCCCCOCC(COP(=O)(O)OC1C(O)C(O)C(O)C(O)C1O)OC(=O)CCCCCCCCC/C=C\C/C=C\CCCCCC. The molecule has 0 saturated heterocycles. The standard InChI is InChI=1S/C56H99O12P/c1-3-5-7-9-11-13-15-17-19-21-23-24-25-26-27-28-30-32-34-36-38-40-42-44-46-65-47-49(48-66-69(63,64)68-56-54(61)52(59)51(58)53(60)55(56)62)67-50(57)45-43-41-39-37-35-33-31-29-22-20-18-16-14-12-10-8-6-4-2/h5,7,11,13-14,16-17,19-20,22-24,49,51-56,58-62H,3-4,6,8-10,12,15,18,21,25-48H2,1-2H3,(H,63,64)/b7-5-,13-11-,16-14-,19-17-,22-20-,24-23-. The summed E-state index contributed by atoms with van der Waals surface area (Å²) in [6.07, 6.45) is 48.2. The van der Waals surface area contributed by atoms with Gasteiger partial charge in [0.05, 0.1) is 13.2 Å². The highest BCUT2D eigenvalue weighted by atomic mass is 31.2. The van der Waals surface area contributed by atoms with Gasteiger partial charge in [-0.25, -0.2) is 4.57 Å². The highest BCUT2D eigenvalue weighted by Crippen LogP contribution is 2.47. The van der Waals surface area contributed by atoms with E-state index >= 15 is 0 Å². The van der Waals surface area contributed by atoms with E-state index in [-0.39, 0.29) is 13.0 Å². The molecule has 0 heterocycles. The van der Waals surface area contributed by atoms with Crippen LogP contribution in [0.3, 0.4) is 0 Å². The Morgan fingerprint density at radius 1 is 0.478 bits per heavy atom. The van der Waals surface area contributed by atoms with E-state index in [1.807, 2.05) is 0 Å². The Morgan fingerprint density at radius 3 is 1.30 bits per heavy atom. The molecule has 1 rings (SSSR count). The smallest absolute Gasteiger partial charge is 0.457 e. The maximum atomic E-state index is 12.9. The Labute approximate surface area is 419 Å². The third-order valence-corrected chi connectivity index (χ3v) is 13.3. The Morgan fingerprint density at radius 2 is 0.855 bits per heavy atom. The van der Waals surface area contributed by atoms with Gasteiger partial charge in [-0.2, -0.15) is 0 Å². The maximum Gasteiger partial charge on any atom is 0.472 e. The summed E-state index contributed by atoms with van der Waals surface area (Å²) >= 11 is 0. The van der Waals surface area contributed by atoms with Crippen molar-refractivity contribution in [3.63, 3.8) is 0 Å². The number of hydrogen-bond donors (Lipinski definition) is 6. The average molecular weight is 995 g/mol. The quantitative estimate of drug-likeness (QED) is 0.0147. The summed E-state index contributed by atoms with van der Waals surface area (Å²) in [5.41, 5.74) is 0. The van der Waals surface area contributed by atoms with Crippen LogP contribution in [-0.2, 0) is 27.9 Å². The van der Waals surface area contributed by atoms with Gasteiger partial charge in [-0.1, -0.05) is 196 Å². The first kappa shape index (κ1) is 64.8. The van der Waals surface area contributed by atoms with Crippen LogP contribution < -0.4 is 0 Å². The van der Waals surface area contributed by atoms with Crippen molar-refractivity contribution < 1.29 is 58.3 Å². The highest BCUT2D eigenvalue weighted by Gasteiger charge is 2.51. The molecule has 0 aromatic heterocycles. The summed E-state index contributed by atoms with van der Waals surface area (Å²) in [7, 11) is -5.03. The second-order valence-electron chi connectivity index (χ2n) is 18.7. The average Bonchev–Trinajstić information content (AvgIpc) is 3.34. The number of unbranched alkanes of at least 4 members (excludes halogenated alkanes) is 22. The number of hydrogen-bond acceptors (Lipinski definition) is 11. The van der Waals surface area contributed by atoms with Crippen molar-refractivity contribution >= 4 is 13.8 Å². The molecule has 0 aromatic carbocycles. The summed E-state index contributed by atoms with van der Waals surface area (Å²) in [5.74, 6) is -0.487. The molecule has 0 bridgehead atoms. The third kappa shape index (κ3) is 37.2. The molecule has 400 valence electrons. The monoisotopic (exact) mass is 995 g/mol. The van der Waals surface area contributed by atoms with Crippen LogP contribution in [0.2, 0.25) is 0 Å². The molecule has 1 saturated carbocycles. The minimum absolute atomic E-state index is 0.0848. The molecule has 1 fully saturated rings. The van der Waals surface area contributed by atoms with E-state index in [0.29, 0.717) is 13.0 Å². The second kappa shape index (κ2) is 45.6. The fourth-order valence-electron chi connectivity index (χ4n) is 8.02. The largest absolute Gasteiger partial charge is 0.472 e. The molecule has 0 amide bonds. The third-order valence-electron chi connectivity index (χ3n) is 12.3. The predicted molar refractivity (Wildman–Crippen MR) is 281 cm³/mol. The Hall–Kier alpha value is -2.22. The molecule has 0 aliphatic heterocycles. The van der Waals surface area contributed by atoms with Gasteiger partial charge >= 0.3 is 13.8 Å². The first-order valence-electron chi connectivity index (χ1n) is 27.3. The molecule has 1 aliphatic carbocycles. The number of carbonyl (C=O) groups is 1. The number of rotatable bonds is 46. The van der Waals surface area contributed by atoms with Crippen molar-refractivity contribution in [2.75, 3.05) is 19.8 Å².